The van der Waals surface area contributed by atoms with Gasteiger partial charge in [-0.3, -0.25) is 4.79 Å². The van der Waals surface area contributed by atoms with Crippen LogP contribution in [0.25, 0.3) is 10.8 Å². The van der Waals surface area contributed by atoms with Gasteiger partial charge in [0.1, 0.15) is 6.04 Å². The SMILES string of the molecule is O=C1C[C@@H](c2cccc3ccccc23)[C@H](C(=O)O)N1. The van der Waals surface area contributed by atoms with Crippen molar-refractivity contribution in [2.45, 2.75) is 18.4 Å². The van der Waals surface area contributed by atoms with Crippen LogP contribution in [-0.4, -0.2) is 23.0 Å². The fraction of sp³-hybridized carbons (Fsp3) is 0.200. The summed E-state index contributed by atoms with van der Waals surface area (Å²) in [6.45, 7) is 0. The molecule has 2 aromatic rings. The minimum Gasteiger partial charge on any atom is -0.480 e. The van der Waals surface area contributed by atoms with E-state index in [4.69, 9.17) is 0 Å². The number of carboxylic acids is 1. The van der Waals surface area contributed by atoms with E-state index in [9.17, 15) is 14.7 Å². The van der Waals surface area contributed by atoms with E-state index in [-0.39, 0.29) is 18.2 Å². The second-order valence-corrected chi connectivity index (χ2v) is 4.76. The van der Waals surface area contributed by atoms with Crippen LogP contribution < -0.4 is 5.32 Å². The Balaban J connectivity index is 2.13. The summed E-state index contributed by atoms with van der Waals surface area (Å²) in [6.07, 6.45) is 0.227. The van der Waals surface area contributed by atoms with Gasteiger partial charge in [0.2, 0.25) is 5.91 Å². The van der Waals surface area contributed by atoms with Gasteiger partial charge in [0.15, 0.2) is 0 Å². The molecule has 2 aromatic carbocycles. The van der Waals surface area contributed by atoms with E-state index in [0.29, 0.717) is 0 Å². The van der Waals surface area contributed by atoms with Crippen molar-refractivity contribution in [2.24, 2.45) is 0 Å². The molecule has 0 bridgehead atoms. The zero-order valence-electron chi connectivity index (χ0n) is 10.2. The van der Waals surface area contributed by atoms with Crippen molar-refractivity contribution in [2.75, 3.05) is 0 Å². The quantitative estimate of drug-likeness (QED) is 0.861. The van der Waals surface area contributed by atoms with Crippen molar-refractivity contribution in [1.29, 1.82) is 0 Å². The van der Waals surface area contributed by atoms with E-state index in [1.807, 2.05) is 42.5 Å². The van der Waals surface area contributed by atoms with Crippen LogP contribution in [-0.2, 0) is 9.59 Å². The Bertz CT molecular complexity index is 660. The molecule has 0 aromatic heterocycles. The highest BCUT2D eigenvalue weighted by atomic mass is 16.4. The first-order valence-corrected chi connectivity index (χ1v) is 6.16. The Morgan fingerprint density at radius 3 is 2.68 bits per heavy atom. The molecule has 1 aliphatic heterocycles. The molecule has 0 aliphatic carbocycles. The highest BCUT2D eigenvalue weighted by Crippen LogP contribution is 2.33. The van der Waals surface area contributed by atoms with E-state index in [1.165, 1.54) is 0 Å². The number of aliphatic carboxylic acids is 1. The summed E-state index contributed by atoms with van der Waals surface area (Å²) >= 11 is 0. The Kier molecular flexibility index (Phi) is 2.71. The van der Waals surface area contributed by atoms with Gasteiger partial charge < -0.3 is 10.4 Å². The van der Waals surface area contributed by atoms with Gasteiger partial charge >= 0.3 is 5.97 Å². The highest BCUT2D eigenvalue weighted by Gasteiger charge is 2.38. The van der Waals surface area contributed by atoms with Gasteiger partial charge in [-0.15, -0.1) is 0 Å². The van der Waals surface area contributed by atoms with Crippen molar-refractivity contribution in [1.82, 2.24) is 5.32 Å². The summed E-state index contributed by atoms with van der Waals surface area (Å²) in [5.74, 6) is -1.50. The lowest BCUT2D eigenvalue weighted by molar-refractivity contribution is -0.140. The van der Waals surface area contributed by atoms with Crippen LogP contribution in [0.5, 0.6) is 0 Å². The van der Waals surface area contributed by atoms with Crippen LogP contribution in [0.2, 0.25) is 0 Å². The standard InChI is InChI=1S/C15H13NO3/c17-13-8-12(14(16-13)15(18)19)11-7-3-5-9-4-1-2-6-10(9)11/h1-7,12,14H,8H2,(H,16,17)(H,18,19)/t12-,14+/m0/s1. The van der Waals surface area contributed by atoms with Gasteiger partial charge in [-0.2, -0.15) is 0 Å². The number of fused-ring (bicyclic) bond motifs is 1. The number of hydrogen-bond acceptors (Lipinski definition) is 2. The third-order valence-corrected chi connectivity index (χ3v) is 3.61. The number of amides is 1. The van der Waals surface area contributed by atoms with Gasteiger partial charge in [-0.25, -0.2) is 4.79 Å². The van der Waals surface area contributed by atoms with Gasteiger partial charge in [-0.1, -0.05) is 42.5 Å². The average molecular weight is 255 g/mol. The molecule has 2 atom stereocenters. The average Bonchev–Trinajstić information content (AvgIpc) is 2.80. The van der Waals surface area contributed by atoms with Gasteiger partial charge in [0.05, 0.1) is 0 Å². The molecular weight excluding hydrogens is 242 g/mol. The van der Waals surface area contributed by atoms with Crippen molar-refractivity contribution in [3.05, 3.63) is 48.0 Å². The molecule has 2 N–H and O–H groups in total. The zero-order chi connectivity index (χ0) is 13.4. The van der Waals surface area contributed by atoms with Gasteiger partial charge in [-0.05, 0) is 16.3 Å². The third-order valence-electron chi connectivity index (χ3n) is 3.61. The molecule has 1 fully saturated rings. The minimum atomic E-state index is -0.983. The van der Waals surface area contributed by atoms with E-state index < -0.39 is 12.0 Å². The lowest BCUT2D eigenvalue weighted by Crippen LogP contribution is -2.36. The Labute approximate surface area is 110 Å². The topological polar surface area (TPSA) is 66.4 Å². The molecule has 3 rings (SSSR count). The predicted molar refractivity (Wildman–Crippen MR) is 70.9 cm³/mol. The van der Waals surface area contributed by atoms with Crippen LogP contribution in [0.1, 0.15) is 17.9 Å². The maximum absolute atomic E-state index is 11.5. The van der Waals surface area contributed by atoms with Crippen LogP contribution in [0, 0.1) is 0 Å². The molecule has 1 aliphatic rings. The molecule has 0 unspecified atom stereocenters. The fourth-order valence-electron chi connectivity index (χ4n) is 2.75. The normalized spacial score (nSPS) is 22.4. The number of nitrogens with one attached hydrogen (secondary N) is 1. The highest BCUT2D eigenvalue weighted by molar-refractivity contribution is 5.93. The van der Waals surface area contributed by atoms with E-state index in [2.05, 4.69) is 5.32 Å². The fourth-order valence-corrected chi connectivity index (χ4v) is 2.75. The first-order chi connectivity index (χ1) is 9.16. The van der Waals surface area contributed by atoms with Crippen LogP contribution in [0.3, 0.4) is 0 Å². The molecule has 4 heteroatoms. The van der Waals surface area contributed by atoms with Gasteiger partial charge in [0, 0.05) is 12.3 Å². The number of carbonyl (C=O) groups excluding carboxylic acids is 1. The Morgan fingerprint density at radius 2 is 1.89 bits per heavy atom. The summed E-state index contributed by atoms with van der Waals surface area (Å²) in [6, 6.07) is 12.8. The molecule has 19 heavy (non-hydrogen) atoms. The zero-order valence-corrected chi connectivity index (χ0v) is 10.2. The lowest BCUT2D eigenvalue weighted by Gasteiger charge is -2.17. The molecule has 0 saturated carbocycles. The Hall–Kier alpha value is -2.36. The summed E-state index contributed by atoms with van der Waals surface area (Å²) in [4.78, 5) is 22.8. The molecule has 1 heterocycles. The molecule has 96 valence electrons. The van der Waals surface area contributed by atoms with Crippen LogP contribution in [0.15, 0.2) is 42.5 Å². The molecule has 4 nitrogen and oxygen atoms in total. The molecular formula is C15H13NO3. The largest absolute Gasteiger partial charge is 0.480 e. The number of hydrogen-bond donors (Lipinski definition) is 2. The van der Waals surface area contributed by atoms with E-state index in [0.717, 1.165) is 16.3 Å². The summed E-state index contributed by atoms with van der Waals surface area (Å²) in [7, 11) is 0. The minimum absolute atomic E-state index is 0.203. The second kappa shape index (κ2) is 4.39. The monoisotopic (exact) mass is 255 g/mol. The number of carbonyl (C=O) groups is 2. The third kappa shape index (κ3) is 1.95. The number of rotatable bonds is 2. The molecule has 1 amide bonds. The summed E-state index contributed by atoms with van der Waals surface area (Å²) < 4.78 is 0. The first-order valence-electron chi connectivity index (χ1n) is 6.16. The first kappa shape index (κ1) is 11.7. The van der Waals surface area contributed by atoms with Crippen molar-refractivity contribution in [3.8, 4) is 0 Å². The Morgan fingerprint density at radius 1 is 1.16 bits per heavy atom. The molecule has 1 saturated heterocycles. The van der Waals surface area contributed by atoms with Gasteiger partial charge in [0.25, 0.3) is 0 Å². The smallest absolute Gasteiger partial charge is 0.326 e. The van der Waals surface area contributed by atoms with Crippen LogP contribution >= 0.6 is 0 Å². The van der Waals surface area contributed by atoms with E-state index >= 15 is 0 Å². The van der Waals surface area contributed by atoms with Crippen molar-refractivity contribution < 1.29 is 14.7 Å². The number of benzene rings is 2. The number of carboxylic acid groups (broad SMARTS) is 1. The molecule has 0 spiro atoms. The van der Waals surface area contributed by atoms with Crippen molar-refractivity contribution >= 4 is 22.6 Å². The maximum Gasteiger partial charge on any atom is 0.326 e. The maximum atomic E-state index is 11.5. The lowest BCUT2D eigenvalue weighted by atomic mass is 9.88. The predicted octanol–water partition coefficient (Wildman–Crippen LogP) is 1.90. The van der Waals surface area contributed by atoms with Crippen molar-refractivity contribution in [3.63, 3.8) is 0 Å². The molecule has 0 radical (unpaired) electrons. The summed E-state index contributed by atoms with van der Waals surface area (Å²) in [5.41, 5.74) is 0.920. The second-order valence-electron chi connectivity index (χ2n) is 4.76. The van der Waals surface area contributed by atoms with E-state index in [1.54, 1.807) is 0 Å². The summed E-state index contributed by atoms with van der Waals surface area (Å²) in [5, 5.41) is 13.8. The van der Waals surface area contributed by atoms with Crippen LogP contribution in [0.4, 0.5) is 0 Å².